The lowest BCUT2D eigenvalue weighted by atomic mass is 9.71. The largest absolute Gasteiger partial charge is 0.411 e. The number of carbonyl (C=O) groups is 1. The van der Waals surface area contributed by atoms with Gasteiger partial charge in [0.25, 0.3) is 5.91 Å². The molecule has 0 bridgehead atoms. The maximum Gasteiger partial charge on any atom is 0.411 e. The summed E-state index contributed by atoms with van der Waals surface area (Å²) in [6.07, 6.45) is -0.728. The van der Waals surface area contributed by atoms with Crippen LogP contribution in [0.5, 0.6) is 0 Å². The van der Waals surface area contributed by atoms with Gasteiger partial charge in [-0.3, -0.25) is 10.1 Å². The van der Waals surface area contributed by atoms with Crippen molar-refractivity contribution < 1.29 is 22.7 Å². The van der Waals surface area contributed by atoms with Gasteiger partial charge in [-0.2, -0.15) is 13.2 Å². The zero-order valence-electron chi connectivity index (χ0n) is 16.9. The molecule has 1 aromatic carbocycles. The van der Waals surface area contributed by atoms with Crippen LogP contribution in [0.2, 0.25) is 0 Å². The van der Waals surface area contributed by atoms with Crippen molar-refractivity contribution in [3.8, 4) is 0 Å². The van der Waals surface area contributed by atoms with Gasteiger partial charge in [0.05, 0.1) is 16.8 Å². The zero-order chi connectivity index (χ0) is 22.2. The molecule has 2 fully saturated rings. The summed E-state index contributed by atoms with van der Waals surface area (Å²) >= 11 is 0. The molecular formula is C22H23F3N4O2. The van der Waals surface area contributed by atoms with Crippen LogP contribution < -0.4 is 5.32 Å². The number of piperidine rings is 1. The third kappa shape index (κ3) is 4.47. The summed E-state index contributed by atoms with van der Waals surface area (Å²) in [6.45, 7) is 7.91. The fraction of sp³-hybridized carbons (Fsp3) is 0.409. The number of benzene rings is 1. The molecular weight excluding hydrogens is 409 g/mol. The van der Waals surface area contributed by atoms with Crippen molar-refractivity contribution in [3.63, 3.8) is 0 Å². The van der Waals surface area contributed by atoms with E-state index in [1.165, 1.54) is 6.33 Å². The summed E-state index contributed by atoms with van der Waals surface area (Å²) in [4.78, 5) is 23.2. The van der Waals surface area contributed by atoms with Crippen LogP contribution >= 0.6 is 0 Å². The Hall–Kier alpha value is -2.78. The van der Waals surface area contributed by atoms with Crippen LogP contribution in [-0.2, 0) is 9.53 Å². The quantitative estimate of drug-likeness (QED) is 0.734. The Morgan fingerprint density at radius 1 is 1.35 bits per heavy atom. The van der Waals surface area contributed by atoms with Gasteiger partial charge in [0.1, 0.15) is 19.2 Å². The van der Waals surface area contributed by atoms with Crippen LogP contribution in [0.25, 0.3) is 22.6 Å². The number of nitrogens with one attached hydrogen (secondary N) is 1. The van der Waals surface area contributed by atoms with Gasteiger partial charge in [-0.25, -0.2) is 9.97 Å². The van der Waals surface area contributed by atoms with Gasteiger partial charge >= 0.3 is 6.18 Å². The minimum atomic E-state index is -4.36. The highest BCUT2D eigenvalue weighted by atomic mass is 19.4. The van der Waals surface area contributed by atoms with E-state index in [-0.39, 0.29) is 16.9 Å². The molecule has 6 nitrogen and oxygen atoms in total. The molecule has 1 unspecified atom stereocenters. The van der Waals surface area contributed by atoms with Gasteiger partial charge in [0, 0.05) is 23.9 Å². The molecule has 31 heavy (non-hydrogen) atoms. The van der Waals surface area contributed by atoms with Crippen molar-refractivity contribution >= 4 is 28.5 Å². The Kier molecular flexibility index (Phi) is 5.57. The van der Waals surface area contributed by atoms with Gasteiger partial charge < -0.3 is 9.64 Å². The van der Waals surface area contributed by atoms with Crippen molar-refractivity contribution in [3.05, 3.63) is 48.9 Å². The Morgan fingerprint density at radius 3 is 2.84 bits per heavy atom. The minimum absolute atomic E-state index is 0.235. The number of alkyl halides is 3. The lowest BCUT2D eigenvalue weighted by molar-refractivity contribution is -0.199. The molecule has 0 radical (unpaired) electrons. The number of nitrogens with zero attached hydrogens (tertiary/aromatic N) is 3. The van der Waals surface area contributed by atoms with Gasteiger partial charge in [-0.05, 0) is 37.1 Å². The molecule has 2 aliphatic rings. The van der Waals surface area contributed by atoms with E-state index in [1.807, 2.05) is 18.2 Å². The van der Waals surface area contributed by atoms with Crippen LogP contribution in [0.3, 0.4) is 0 Å². The van der Waals surface area contributed by atoms with E-state index in [0.29, 0.717) is 37.3 Å². The fourth-order valence-electron chi connectivity index (χ4n) is 4.31. The molecule has 1 amide bonds. The van der Waals surface area contributed by atoms with E-state index < -0.39 is 19.0 Å². The first-order chi connectivity index (χ1) is 14.7. The molecule has 1 N–H and O–H groups in total. The van der Waals surface area contributed by atoms with Crippen LogP contribution in [0.15, 0.2) is 37.7 Å². The predicted molar refractivity (Wildman–Crippen MR) is 111 cm³/mol. The van der Waals surface area contributed by atoms with Gasteiger partial charge in [-0.1, -0.05) is 25.3 Å². The third-order valence-corrected chi connectivity index (χ3v) is 5.87. The minimum Gasteiger partial charge on any atom is -0.354 e. The average molecular weight is 432 g/mol. The van der Waals surface area contributed by atoms with E-state index >= 15 is 0 Å². The van der Waals surface area contributed by atoms with Crippen molar-refractivity contribution in [2.75, 3.05) is 26.2 Å². The van der Waals surface area contributed by atoms with E-state index in [1.54, 1.807) is 11.0 Å². The molecule has 164 valence electrons. The zero-order valence-corrected chi connectivity index (χ0v) is 16.9. The number of ether oxygens (including phenoxy) is 1. The lowest BCUT2D eigenvalue weighted by Crippen LogP contribution is -2.63. The summed E-state index contributed by atoms with van der Waals surface area (Å²) in [5.74, 6) is -0.235. The SMILES string of the molecule is C=Cc1ccc2ncnc(C(=C)C(=O)N3CC4(CCNC(OCC(F)(F)F)C4)C3)c2c1. The maximum atomic E-state index is 13.0. The molecule has 1 aromatic heterocycles. The molecule has 0 aliphatic carbocycles. The molecule has 9 heteroatoms. The number of hydrogen-bond donors (Lipinski definition) is 1. The first-order valence-electron chi connectivity index (χ1n) is 9.97. The van der Waals surface area contributed by atoms with Gasteiger partial charge in [0.2, 0.25) is 0 Å². The summed E-state index contributed by atoms with van der Waals surface area (Å²) in [5.41, 5.74) is 2.08. The first kappa shape index (κ1) is 21.5. The second kappa shape index (κ2) is 8.05. The summed E-state index contributed by atoms with van der Waals surface area (Å²) in [7, 11) is 0. The smallest absolute Gasteiger partial charge is 0.354 e. The van der Waals surface area contributed by atoms with E-state index in [9.17, 15) is 18.0 Å². The average Bonchev–Trinajstić information content (AvgIpc) is 2.74. The Bertz CT molecular complexity index is 1030. The maximum absolute atomic E-state index is 13.0. The predicted octanol–water partition coefficient (Wildman–Crippen LogP) is 3.40. The molecule has 2 aliphatic heterocycles. The second-order valence-electron chi connectivity index (χ2n) is 8.17. The normalized spacial score (nSPS) is 20.5. The van der Waals surface area contributed by atoms with Crippen LogP contribution in [0, 0.1) is 5.41 Å². The third-order valence-electron chi connectivity index (χ3n) is 5.87. The number of fused-ring (bicyclic) bond motifs is 1. The Morgan fingerprint density at radius 2 is 2.13 bits per heavy atom. The topological polar surface area (TPSA) is 67.4 Å². The highest BCUT2D eigenvalue weighted by molar-refractivity contribution is 6.21. The number of carbonyl (C=O) groups excluding carboxylic acids is 1. The number of hydrogen-bond acceptors (Lipinski definition) is 5. The van der Waals surface area contributed by atoms with Gasteiger partial charge in [-0.15, -0.1) is 0 Å². The van der Waals surface area contributed by atoms with Crippen LogP contribution in [0.4, 0.5) is 13.2 Å². The van der Waals surface area contributed by atoms with Gasteiger partial charge in [0.15, 0.2) is 0 Å². The standard InChI is InChI=1S/C22H23F3N4O2/c1-3-15-4-5-17-16(8-15)19(28-13-27-17)14(2)20(30)29-10-21(11-29)6-7-26-18(9-21)31-12-22(23,24)25/h3-5,8,13,18,26H,1-2,6-7,9-12H2. The molecule has 2 aromatic rings. The summed E-state index contributed by atoms with van der Waals surface area (Å²) in [6, 6.07) is 5.58. The fourth-order valence-corrected chi connectivity index (χ4v) is 4.31. The number of aromatic nitrogens is 2. The Balaban J connectivity index is 1.43. The Labute approximate surface area is 177 Å². The number of halogens is 3. The van der Waals surface area contributed by atoms with E-state index in [4.69, 9.17) is 4.74 Å². The van der Waals surface area contributed by atoms with E-state index in [2.05, 4.69) is 28.4 Å². The van der Waals surface area contributed by atoms with Crippen molar-refractivity contribution in [1.82, 2.24) is 20.2 Å². The summed E-state index contributed by atoms with van der Waals surface area (Å²) in [5, 5.41) is 3.69. The lowest BCUT2D eigenvalue weighted by Gasteiger charge is -2.54. The molecule has 2 saturated heterocycles. The van der Waals surface area contributed by atoms with Crippen LogP contribution in [0.1, 0.15) is 24.1 Å². The molecule has 0 saturated carbocycles. The van der Waals surface area contributed by atoms with Crippen molar-refractivity contribution in [1.29, 1.82) is 0 Å². The monoisotopic (exact) mass is 432 g/mol. The van der Waals surface area contributed by atoms with E-state index in [0.717, 1.165) is 17.4 Å². The molecule has 4 rings (SSSR count). The molecule has 1 spiro atoms. The second-order valence-corrected chi connectivity index (χ2v) is 8.17. The number of rotatable bonds is 5. The highest BCUT2D eigenvalue weighted by Crippen LogP contribution is 2.42. The molecule has 3 heterocycles. The number of amides is 1. The first-order valence-corrected chi connectivity index (χ1v) is 9.97. The highest BCUT2D eigenvalue weighted by Gasteiger charge is 2.48. The number of likely N-dealkylation sites (tertiary alicyclic amines) is 1. The summed E-state index contributed by atoms with van der Waals surface area (Å²) < 4.78 is 42.3. The van der Waals surface area contributed by atoms with Crippen molar-refractivity contribution in [2.45, 2.75) is 25.2 Å². The van der Waals surface area contributed by atoms with Crippen LogP contribution in [-0.4, -0.2) is 59.4 Å². The van der Waals surface area contributed by atoms with Crippen molar-refractivity contribution in [2.24, 2.45) is 5.41 Å². The molecule has 1 atom stereocenters.